The highest BCUT2D eigenvalue weighted by Crippen LogP contribution is 2.29. The van der Waals surface area contributed by atoms with E-state index in [1.54, 1.807) is 43.9 Å². The van der Waals surface area contributed by atoms with Crippen LogP contribution in [0.3, 0.4) is 0 Å². The number of amides is 3. The Balaban J connectivity index is 1.50. The number of pyridine rings is 1. The Bertz CT molecular complexity index is 1220. The Hall–Kier alpha value is -4.21. The Labute approximate surface area is 203 Å². The van der Waals surface area contributed by atoms with Gasteiger partial charge in [0, 0.05) is 19.3 Å². The summed E-state index contributed by atoms with van der Waals surface area (Å²) in [5.74, 6) is -0.443. The number of carbonyl (C=O) groups excluding carboxylic acids is 3. The smallest absolute Gasteiger partial charge is 0.273 e. The predicted octanol–water partition coefficient (Wildman–Crippen LogP) is 1.77. The lowest BCUT2D eigenvalue weighted by Gasteiger charge is -2.43. The van der Waals surface area contributed by atoms with E-state index >= 15 is 0 Å². The molecule has 3 aromatic rings. The molecule has 2 N–H and O–H groups in total. The van der Waals surface area contributed by atoms with Crippen LogP contribution < -0.4 is 15.4 Å². The van der Waals surface area contributed by atoms with Crippen LogP contribution in [0.1, 0.15) is 46.1 Å². The maximum atomic E-state index is 13.5. The van der Waals surface area contributed by atoms with Gasteiger partial charge in [0.1, 0.15) is 17.0 Å². The third-order valence-electron chi connectivity index (χ3n) is 6.15. The number of methoxy groups -OCH3 is 1. The van der Waals surface area contributed by atoms with Crippen LogP contribution in [-0.4, -0.2) is 56.3 Å². The number of carbonyl (C=O) groups is 3. The minimum Gasteiger partial charge on any atom is -0.497 e. The minimum absolute atomic E-state index is 0.0325. The van der Waals surface area contributed by atoms with Crippen molar-refractivity contribution in [3.63, 3.8) is 0 Å². The van der Waals surface area contributed by atoms with Crippen molar-refractivity contribution < 1.29 is 19.1 Å². The molecule has 10 nitrogen and oxygen atoms in total. The second-order valence-electron chi connectivity index (χ2n) is 8.43. The minimum atomic E-state index is -1.15. The van der Waals surface area contributed by atoms with E-state index in [1.807, 2.05) is 30.3 Å². The molecule has 0 bridgehead atoms. The number of benzene rings is 1. The lowest BCUT2D eigenvalue weighted by Crippen LogP contribution is -2.63. The van der Waals surface area contributed by atoms with Crippen molar-refractivity contribution in [3.05, 3.63) is 77.6 Å². The van der Waals surface area contributed by atoms with Crippen LogP contribution in [0.15, 0.2) is 55.0 Å². The molecular formula is C25H28N6O4. The highest BCUT2D eigenvalue weighted by atomic mass is 16.5. The van der Waals surface area contributed by atoms with Gasteiger partial charge in [-0.25, -0.2) is 4.98 Å². The molecule has 3 amide bonds. The average Bonchev–Trinajstić information content (AvgIpc) is 3.30. The molecule has 182 valence electrons. The van der Waals surface area contributed by atoms with Gasteiger partial charge in [-0.05, 0) is 43.7 Å². The zero-order chi connectivity index (χ0) is 25.0. The molecule has 1 atom stereocenters. The van der Waals surface area contributed by atoms with Crippen molar-refractivity contribution in [1.82, 2.24) is 30.1 Å². The number of fused-ring (bicyclic) bond motifs is 1. The Morgan fingerprint density at radius 3 is 2.51 bits per heavy atom. The van der Waals surface area contributed by atoms with Gasteiger partial charge < -0.3 is 24.8 Å². The molecule has 0 saturated carbocycles. The largest absolute Gasteiger partial charge is 0.497 e. The second-order valence-corrected chi connectivity index (χ2v) is 8.43. The molecule has 35 heavy (non-hydrogen) atoms. The lowest BCUT2D eigenvalue weighted by molar-refractivity contribution is -0.132. The Morgan fingerprint density at radius 1 is 1.09 bits per heavy atom. The fraction of sp³-hybridized carbons (Fsp3) is 0.320. The van der Waals surface area contributed by atoms with E-state index in [0.717, 1.165) is 11.3 Å². The molecule has 4 rings (SSSR count). The van der Waals surface area contributed by atoms with Crippen LogP contribution in [0.2, 0.25) is 0 Å². The molecule has 3 heterocycles. The van der Waals surface area contributed by atoms with E-state index in [4.69, 9.17) is 4.74 Å². The number of hydrogen-bond donors (Lipinski definition) is 2. The van der Waals surface area contributed by atoms with E-state index in [9.17, 15) is 14.4 Å². The van der Waals surface area contributed by atoms with Gasteiger partial charge in [0.15, 0.2) is 5.69 Å². The molecule has 0 fully saturated rings. The standard InChI is InChI=1S/C25H28N6O4/c1-4-31-23(33)21-20(22(32)27-14-18-7-5-6-12-26-18)29-16-30(21)15-25(31,2)24(34)28-13-17-8-10-19(35-3)11-9-17/h5-12,16H,4,13-15H2,1-3H3,(H,27,32)(H,28,34). The van der Waals surface area contributed by atoms with Gasteiger partial charge in [0.25, 0.3) is 11.8 Å². The van der Waals surface area contributed by atoms with Crippen molar-refractivity contribution >= 4 is 17.7 Å². The normalized spacial score (nSPS) is 17.0. The summed E-state index contributed by atoms with van der Waals surface area (Å²) in [6.45, 7) is 4.52. The lowest BCUT2D eigenvalue weighted by atomic mass is 9.94. The van der Waals surface area contributed by atoms with Crippen molar-refractivity contribution in [1.29, 1.82) is 0 Å². The molecular weight excluding hydrogens is 448 g/mol. The van der Waals surface area contributed by atoms with Gasteiger partial charge in [-0.15, -0.1) is 0 Å². The monoisotopic (exact) mass is 476 g/mol. The molecule has 0 saturated heterocycles. The van der Waals surface area contributed by atoms with Crippen molar-refractivity contribution in [2.45, 2.75) is 39.0 Å². The second kappa shape index (κ2) is 9.96. The summed E-state index contributed by atoms with van der Waals surface area (Å²) in [4.78, 5) is 49.4. The number of likely N-dealkylation sites (N-methyl/N-ethyl adjacent to an activating group) is 1. The van der Waals surface area contributed by atoms with Crippen molar-refractivity contribution in [2.75, 3.05) is 13.7 Å². The SMILES string of the molecule is CCN1C(=O)c2c(C(=O)NCc3ccccn3)ncn2CC1(C)C(=O)NCc1ccc(OC)cc1. The average molecular weight is 477 g/mol. The van der Waals surface area contributed by atoms with Gasteiger partial charge in [0.05, 0.1) is 32.2 Å². The third-order valence-corrected chi connectivity index (χ3v) is 6.15. The maximum Gasteiger partial charge on any atom is 0.273 e. The van der Waals surface area contributed by atoms with E-state index < -0.39 is 17.4 Å². The topological polar surface area (TPSA) is 118 Å². The molecule has 1 aliphatic rings. The zero-order valence-electron chi connectivity index (χ0n) is 19.9. The quantitative estimate of drug-likeness (QED) is 0.512. The fourth-order valence-electron chi connectivity index (χ4n) is 4.22. The van der Waals surface area contributed by atoms with Crippen LogP contribution in [0, 0.1) is 0 Å². The van der Waals surface area contributed by atoms with Gasteiger partial charge in [-0.3, -0.25) is 19.4 Å². The summed E-state index contributed by atoms with van der Waals surface area (Å²) < 4.78 is 6.74. The van der Waals surface area contributed by atoms with Gasteiger partial charge in [-0.1, -0.05) is 18.2 Å². The number of imidazole rings is 1. The van der Waals surface area contributed by atoms with E-state index in [0.29, 0.717) is 18.8 Å². The first-order valence-corrected chi connectivity index (χ1v) is 11.3. The zero-order valence-corrected chi connectivity index (χ0v) is 19.9. The van der Waals surface area contributed by atoms with Crippen LogP contribution in [-0.2, 0) is 24.4 Å². The number of nitrogens with one attached hydrogen (secondary N) is 2. The molecule has 0 aliphatic carbocycles. The summed E-state index contributed by atoms with van der Waals surface area (Å²) in [7, 11) is 1.59. The fourth-order valence-corrected chi connectivity index (χ4v) is 4.22. The first-order valence-electron chi connectivity index (χ1n) is 11.3. The Kier molecular flexibility index (Phi) is 6.81. The summed E-state index contributed by atoms with van der Waals surface area (Å²) >= 11 is 0. The van der Waals surface area contributed by atoms with Crippen molar-refractivity contribution in [3.8, 4) is 5.75 Å². The molecule has 10 heteroatoms. The first kappa shape index (κ1) is 23.9. The van der Waals surface area contributed by atoms with Gasteiger partial charge >= 0.3 is 0 Å². The number of aromatic nitrogens is 3. The molecule has 2 aromatic heterocycles. The van der Waals surface area contributed by atoms with E-state index in [-0.39, 0.29) is 30.4 Å². The number of rotatable bonds is 8. The van der Waals surface area contributed by atoms with E-state index in [2.05, 4.69) is 20.6 Å². The van der Waals surface area contributed by atoms with Crippen molar-refractivity contribution in [2.24, 2.45) is 0 Å². The van der Waals surface area contributed by atoms with Gasteiger partial charge in [-0.2, -0.15) is 0 Å². The Morgan fingerprint density at radius 2 is 1.86 bits per heavy atom. The summed E-state index contributed by atoms with van der Waals surface area (Å²) in [6, 6.07) is 12.8. The van der Waals surface area contributed by atoms with Crippen LogP contribution in [0.25, 0.3) is 0 Å². The summed E-state index contributed by atoms with van der Waals surface area (Å²) in [6.07, 6.45) is 3.08. The molecule has 1 unspecified atom stereocenters. The highest BCUT2D eigenvalue weighted by Gasteiger charge is 2.48. The van der Waals surface area contributed by atoms with Crippen LogP contribution in [0.4, 0.5) is 0 Å². The number of nitrogens with zero attached hydrogens (tertiary/aromatic N) is 4. The molecule has 0 spiro atoms. The number of hydrogen-bond acceptors (Lipinski definition) is 6. The summed E-state index contributed by atoms with van der Waals surface area (Å²) in [5, 5.41) is 5.70. The highest BCUT2D eigenvalue weighted by molar-refractivity contribution is 6.07. The predicted molar refractivity (Wildman–Crippen MR) is 128 cm³/mol. The third kappa shape index (κ3) is 4.72. The van der Waals surface area contributed by atoms with Gasteiger partial charge in [0.2, 0.25) is 5.91 Å². The molecule has 0 radical (unpaired) electrons. The van der Waals surface area contributed by atoms with E-state index in [1.165, 1.54) is 11.2 Å². The number of ether oxygens (including phenoxy) is 1. The molecule has 1 aromatic carbocycles. The maximum absolute atomic E-state index is 13.5. The first-order chi connectivity index (χ1) is 16.9. The van der Waals surface area contributed by atoms with Crippen LogP contribution >= 0.6 is 0 Å². The van der Waals surface area contributed by atoms with Crippen LogP contribution in [0.5, 0.6) is 5.75 Å². The molecule has 1 aliphatic heterocycles. The summed E-state index contributed by atoms with van der Waals surface area (Å²) in [5.41, 5.74) is 0.656.